The van der Waals surface area contributed by atoms with E-state index in [2.05, 4.69) is 27.4 Å². The summed E-state index contributed by atoms with van der Waals surface area (Å²) in [5.41, 5.74) is 2.49. The Morgan fingerprint density at radius 3 is 2.68 bits per heavy atom. The predicted molar refractivity (Wildman–Crippen MR) is 104 cm³/mol. The first-order valence-electron chi connectivity index (χ1n) is 8.55. The number of carbonyl (C=O) groups is 1. The third-order valence-electron chi connectivity index (χ3n) is 3.96. The zero-order chi connectivity index (χ0) is 19.3. The molecule has 136 valence electrons. The predicted octanol–water partition coefficient (Wildman–Crippen LogP) is 4.62. The number of rotatable bonds is 4. The molecule has 0 fully saturated rings. The van der Waals surface area contributed by atoms with Crippen LogP contribution in [0.25, 0.3) is 23.1 Å². The summed E-state index contributed by atoms with van der Waals surface area (Å²) < 4.78 is 10.9. The van der Waals surface area contributed by atoms with E-state index in [0.717, 1.165) is 0 Å². The first-order chi connectivity index (χ1) is 13.7. The first-order valence-corrected chi connectivity index (χ1v) is 8.55. The Kier molecular flexibility index (Phi) is 4.72. The maximum atomic E-state index is 12.7. The number of benzene rings is 2. The van der Waals surface area contributed by atoms with Crippen molar-refractivity contribution in [2.45, 2.75) is 6.92 Å². The fourth-order valence-electron chi connectivity index (χ4n) is 2.69. The number of amides is 1. The molecule has 0 saturated carbocycles. The Bertz CT molecular complexity index is 1180. The van der Waals surface area contributed by atoms with Crippen molar-refractivity contribution in [1.82, 2.24) is 10.2 Å². The number of hydrogen-bond acceptors (Lipinski definition) is 5. The minimum Gasteiger partial charge on any atom is -0.459 e. The van der Waals surface area contributed by atoms with Gasteiger partial charge in [-0.15, -0.1) is 16.1 Å². The summed E-state index contributed by atoms with van der Waals surface area (Å²) in [6, 6.07) is 17.9. The molecule has 2 heterocycles. The van der Waals surface area contributed by atoms with Crippen molar-refractivity contribution in [2.24, 2.45) is 0 Å². The average molecular weight is 369 g/mol. The van der Waals surface area contributed by atoms with Crippen LogP contribution in [0.5, 0.6) is 0 Å². The smallest absolute Gasteiger partial charge is 0.283 e. The highest BCUT2D eigenvalue weighted by Crippen LogP contribution is 2.26. The van der Waals surface area contributed by atoms with Crippen LogP contribution in [-0.4, -0.2) is 16.1 Å². The largest absolute Gasteiger partial charge is 0.459 e. The quantitative estimate of drug-likeness (QED) is 0.531. The fourth-order valence-corrected chi connectivity index (χ4v) is 2.69. The van der Waals surface area contributed by atoms with Crippen molar-refractivity contribution in [3.8, 4) is 34.9 Å². The van der Waals surface area contributed by atoms with Crippen LogP contribution in [0.3, 0.4) is 0 Å². The lowest BCUT2D eigenvalue weighted by Gasteiger charge is -2.08. The molecule has 0 unspecified atom stereocenters. The van der Waals surface area contributed by atoms with Gasteiger partial charge in [-0.1, -0.05) is 24.1 Å². The summed E-state index contributed by atoms with van der Waals surface area (Å²) in [6.07, 6.45) is 1.54. The van der Waals surface area contributed by atoms with Gasteiger partial charge in [-0.3, -0.25) is 4.79 Å². The minimum absolute atomic E-state index is 0.239. The van der Waals surface area contributed by atoms with E-state index in [1.807, 2.05) is 18.2 Å². The highest BCUT2D eigenvalue weighted by Gasteiger charge is 2.14. The van der Waals surface area contributed by atoms with E-state index in [1.54, 1.807) is 49.4 Å². The van der Waals surface area contributed by atoms with Crippen molar-refractivity contribution in [2.75, 3.05) is 5.32 Å². The number of nitrogens with zero attached hydrogens (tertiary/aromatic N) is 2. The third kappa shape index (κ3) is 3.55. The van der Waals surface area contributed by atoms with Gasteiger partial charge < -0.3 is 14.2 Å². The molecule has 0 aliphatic carbocycles. The number of aromatic nitrogens is 2. The van der Waals surface area contributed by atoms with Gasteiger partial charge in [0.2, 0.25) is 5.89 Å². The van der Waals surface area contributed by atoms with Crippen LogP contribution >= 0.6 is 0 Å². The van der Waals surface area contributed by atoms with Gasteiger partial charge in [0, 0.05) is 16.8 Å². The van der Waals surface area contributed by atoms with Crippen molar-refractivity contribution < 1.29 is 13.6 Å². The molecule has 0 bridgehead atoms. The molecule has 2 aromatic carbocycles. The Labute approximate surface area is 161 Å². The van der Waals surface area contributed by atoms with Gasteiger partial charge in [-0.2, -0.15) is 0 Å². The van der Waals surface area contributed by atoms with Crippen molar-refractivity contribution in [3.05, 3.63) is 78.1 Å². The third-order valence-corrected chi connectivity index (χ3v) is 3.96. The molecule has 28 heavy (non-hydrogen) atoms. The van der Waals surface area contributed by atoms with E-state index in [-0.39, 0.29) is 5.91 Å². The Balaban J connectivity index is 1.58. The fraction of sp³-hybridized carbons (Fsp3) is 0.0455. The van der Waals surface area contributed by atoms with E-state index in [1.165, 1.54) is 6.26 Å². The summed E-state index contributed by atoms with van der Waals surface area (Å²) in [7, 11) is 0. The molecule has 6 heteroatoms. The number of nitrogens with one attached hydrogen (secondary N) is 1. The summed E-state index contributed by atoms with van der Waals surface area (Å²) in [5.74, 6) is 6.65. The maximum absolute atomic E-state index is 12.7. The topological polar surface area (TPSA) is 81.2 Å². The van der Waals surface area contributed by atoms with E-state index < -0.39 is 0 Å². The zero-order valence-corrected chi connectivity index (χ0v) is 15.0. The number of anilines is 1. The molecular formula is C22H15N3O3. The van der Waals surface area contributed by atoms with Gasteiger partial charge in [0.1, 0.15) is 0 Å². The number of hydrogen-bond donors (Lipinski definition) is 1. The molecule has 0 saturated heterocycles. The van der Waals surface area contributed by atoms with Gasteiger partial charge in [0.25, 0.3) is 11.8 Å². The van der Waals surface area contributed by atoms with Crippen LogP contribution in [0.15, 0.2) is 75.8 Å². The second-order valence-corrected chi connectivity index (χ2v) is 5.85. The minimum atomic E-state index is -0.239. The molecule has 0 aliphatic rings. The Morgan fingerprint density at radius 2 is 1.86 bits per heavy atom. The van der Waals surface area contributed by atoms with Crippen molar-refractivity contribution in [3.63, 3.8) is 0 Å². The Morgan fingerprint density at radius 1 is 1.00 bits per heavy atom. The van der Waals surface area contributed by atoms with E-state index in [4.69, 9.17) is 8.83 Å². The summed E-state index contributed by atoms with van der Waals surface area (Å²) in [5, 5.41) is 10.9. The van der Waals surface area contributed by atoms with Crippen LogP contribution in [0, 0.1) is 11.8 Å². The summed E-state index contributed by atoms with van der Waals surface area (Å²) >= 11 is 0. The van der Waals surface area contributed by atoms with Gasteiger partial charge in [0.05, 0.1) is 11.8 Å². The molecular weight excluding hydrogens is 354 g/mol. The van der Waals surface area contributed by atoms with E-state index >= 15 is 0 Å². The molecule has 0 spiro atoms. The monoisotopic (exact) mass is 369 g/mol. The lowest BCUT2D eigenvalue weighted by Crippen LogP contribution is -2.13. The maximum Gasteiger partial charge on any atom is 0.283 e. The normalized spacial score (nSPS) is 10.2. The van der Waals surface area contributed by atoms with Crippen LogP contribution < -0.4 is 5.32 Å². The van der Waals surface area contributed by atoms with E-state index in [9.17, 15) is 4.79 Å². The molecule has 6 nitrogen and oxygen atoms in total. The summed E-state index contributed by atoms with van der Waals surface area (Å²) in [6.45, 7) is 1.74. The molecule has 4 rings (SSSR count). The standard InChI is InChI=1S/C22H15N3O3/c1-2-7-15-8-3-4-11-18(15)20(26)23-17-10-5-9-16(14-17)21-24-25-22(28-21)19-12-6-13-27-19/h3-6,8-14H,1H3,(H,23,26). The van der Waals surface area contributed by atoms with Gasteiger partial charge >= 0.3 is 0 Å². The SMILES string of the molecule is CC#Cc1ccccc1C(=O)Nc1cccc(-c2nnc(-c3ccco3)o2)c1. The molecule has 0 radical (unpaired) electrons. The molecule has 0 aliphatic heterocycles. The van der Waals surface area contributed by atoms with Gasteiger partial charge in [0.15, 0.2) is 5.76 Å². The average Bonchev–Trinajstić information content (AvgIpc) is 3.41. The number of carbonyl (C=O) groups excluding carboxylic acids is 1. The highest BCUT2D eigenvalue weighted by molar-refractivity contribution is 6.06. The van der Waals surface area contributed by atoms with Crippen LogP contribution in [-0.2, 0) is 0 Å². The van der Waals surface area contributed by atoms with Crippen LogP contribution in [0.1, 0.15) is 22.8 Å². The zero-order valence-electron chi connectivity index (χ0n) is 15.0. The van der Waals surface area contributed by atoms with Crippen molar-refractivity contribution >= 4 is 11.6 Å². The van der Waals surface area contributed by atoms with Gasteiger partial charge in [-0.05, 0) is 49.4 Å². The first kappa shape index (κ1) is 17.3. The van der Waals surface area contributed by atoms with Crippen LogP contribution in [0.2, 0.25) is 0 Å². The molecule has 2 aromatic heterocycles. The summed E-state index contributed by atoms with van der Waals surface area (Å²) in [4.78, 5) is 12.7. The lowest BCUT2D eigenvalue weighted by atomic mass is 10.1. The second kappa shape index (κ2) is 7.64. The van der Waals surface area contributed by atoms with Crippen molar-refractivity contribution in [1.29, 1.82) is 0 Å². The Hall–Kier alpha value is -4.11. The molecule has 1 amide bonds. The molecule has 4 aromatic rings. The molecule has 0 atom stereocenters. The highest BCUT2D eigenvalue weighted by atomic mass is 16.4. The molecule has 1 N–H and O–H groups in total. The lowest BCUT2D eigenvalue weighted by molar-refractivity contribution is 0.102. The van der Waals surface area contributed by atoms with E-state index in [0.29, 0.717) is 39.9 Å². The number of furan rings is 1. The van der Waals surface area contributed by atoms with Crippen LogP contribution in [0.4, 0.5) is 5.69 Å². The second-order valence-electron chi connectivity index (χ2n) is 5.85. The van der Waals surface area contributed by atoms with Gasteiger partial charge in [-0.25, -0.2) is 0 Å².